The van der Waals surface area contributed by atoms with Crippen molar-refractivity contribution < 1.29 is 4.39 Å². The summed E-state index contributed by atoms with van der Waals surface area (Å²) >= 11 is 12.4. The van der Waals surface area contributed by atoms with Gasteiger partial charge in [0.25, 0.3) is 0 Å². The summed E-state index contributed by atoms with van der Waals surface area (Å²) in [4.78, 5) is 11.1. The largest absolute Gasteiger partial charge is 0.355 e. The minimum absolute atomic E-state index is 0.437. The second kappa shape index (κ2) is 6.64. The molecule has 6 nitrogen and oxygen atoms in total. The molecule has 0 atom stereocenters. The third-order valence-electron chi connectivity index (χ3n) is 4.82. The molecule has 1 saturated heterocycles. The van der Waals surface area contributed by atoms with Crippen LogP contribution in [0.1, 0.15) is 12.8 Å². The third kappa shape index (κ3) is 3.00. The number of halogens is 3. The molecule has 1 aromatic carbocycles. The number of H-pyrrole nitrogens is 1. The number of hydrogen-bond donors (Lipinski definition) is 2. The molecule has 0 aliphatic carbocycles. The molecule has 0 unspecified atom stereocenters. The lowest BCUT2D eigenvalue weighted by Gasteiger charge is -2.37. The van der Waals surface area contributed by atoms with Crippen LogP contribution in [0.25, 0.3) is 22.4 Å². The lowest BCUT2D eigenvalue weighted by Crippen LogP contribution is -2.52. The maximum absolute atomic E-state index is 13.0. The van der Waals surface area contributed by atoms with E-state index in [9.17, 15) is 4.39 Å². The Morgan fingerprint density at radius 2 is 2.04 bits per heavy atom. The average Bonchev–Trinajstić information content (AvgIpc) is 3.07. The standard InChI is InChI=1S/C17H17Cl2FN6/c18-11-3-1-2-10(13(11)19)14-15-16(25-24-14)23-12(8-22-15)26-6-4-17(21,9-20)5-7-26/h1-3,8H,4-7,9,21H2,(H,23,24,25). The lowest BCUT2D eigenvalue weighted by atomic mass is 9.90. The minimum Gasteiger partial charge on any atom is -0.355 e. The van der Waals surface area contributed by atoms with Gasteiger partial charge in [-0.1, -0.05) is 35.3 Å². The van der Waals surface area contributed by atoms with Gasteiger partial charge in [0.05, 0.1) is 21.9 Å². The van der Waals surface area contributed by atoms with Gasteiger partial charge in [-0.2, -0.15) is 5.10 Å². The van der Waals surface area contributed by atoms with Crippen LogP contribution in [0.5, 0.6) is 0 Å². The number of alkyl halides is 1. The first kappa shape index (κ1) is 17.5. The maximum atomic E-state index is 13.0. The second-order valence-corrected chi connectivity index (χ2v) is 7.37. The van der Waals surface area contributed by atoms with Crippen LogP contribution in [-0.2, 0) is 0 Å². The molecule has 1 aliphatic rings. The summed E-state index contributed by atoms with van der Waals surface area (Å²) in [5.74, 6) is 0.702. The van der Waals surface area contributed by atoms with Crippen molar-refractivity contribution in [2.45, 2.75) is 18.4 Å². The van der Waals surface area contributed by atoms with E-state index in [1.165, 1.54) is 0 Å². The monoisotopic (exact) mass is 394 g/mol. The normalized spacial score (nSPS) is 17.0. The van der Waals surface area contributed by atoms with Crippen LogP contribution in [-0.4, -0.2) is 45.5 Å². The predicted molar refractivity (Wildman–Crippen MR) is 101 cm³/mol. The Morgan fingerprint density at radius 1 is 1.27 bits per heavy atom. The van der Waals surface area contributed by atoms with Crippen LogP contribution >= 0.6 is 23.2 Å². The van der Waals surface area contributed by atoms with Crippen LogP contribution in [0.2, 0.25) is 10.0 Å². The molecule has 3 N–H and O–H groups in total. The van der Waals surface area contributed by atoms with E-state index in [1.54, 1.807) is 12.3 Å². The number of benzene rings is 1. The van der Waals surface area contributed by atoms with Crippen LogP contribution in [0.4, 0.5) is 10.2 Å². The third-order valence-corrected chi connectivity index (χ3v) is 5.64. The number of fused-ring (bicyclic) bond motifs is 1. The quantitative estimate of drug-likeness (QED) is 0.708. The van der Waals surface area contributed by atoms with Gasteiger partial charge in [-0.05, 0) is 18.9 Å². The number of nitrogens with one attached hydrogen (secondary N) is 1. The zero-order valence-electron chi connectivity index (χ0n) is 13.8. The van der Waals surface area contributed by atoms with E-state index in [4.69, 9.17) is 28.9 Å². The van der Waals surface area contributed by atoms with Crippen molar-refractivity contribution in [1.29, 1.82) is 0 Å². The summed E-state index contributed by atoms with van der Waals surface area (Å²) in [6.07, 6.45) is 2.85. The van der Waals surface area contributed by atoms with Crippen LogP contribution in [0, 0.1) is 0 Å². The van der Waals surface area contributed by atoms with E-state index in [2.05, 4.69) is 20.2 Å². The van der Waals surface area contributed by atoms with Crippen molar-refractivity contribution in [3.8, 4) is 11.3 Å². The van der Waals surface area contributed by atoms with Gasteiger partial charge in [0.1, 0.15) is 18.0 Å². The number of hydrogen-bond acceptors (Lipinski definition) is 5. The highest BCUT2D eigenvalue weighted by molar-refractivity contribution is 6.43. The molecule has 2 aromatic heterocycles. The number of piperidine rings is 1. The topological polar surface area (TPSA) is 83.7 Å². The van der Waals surface area contributed by atoms with Gasteiger partial charge < -0.3 is 10.6 Å². The van der Waals surface area contributed by atoms with Gasteiger partial charge in [-0.25, -0.2) is 14.4 Å². The summed E-state index contributed by atoms with van der Waals surface area (Å²) in [5, 5.41) is 8.10. The second-order valence-electron chi connectivity index (χ2n) is 6.58. The molecule has 0 bridgehead atoms. The number of aromatic amines is 1. The molecule has 1 aliphatic heterocycles. The van der Waals surface area contributed by atoms with Crippen LogP contribution < -0.4 is 10.6 Å². The molecule has 0 saturated carbocycles. The van der Waals surface area contributed by atoms with E-state index in [-0.39, 0.29) is 0 Å². The SMILES string of the molecule is NC1(CF)CCN(c2cnc3c(-c4cccc(Cl)c4Cl)[nH]nc3n2)CC1. The summed E-state index contributed by atoms with van der Waals surface area (Å²) < 4.78 is 13.0. The van der Waals surface area contributed by atoms with Crippen molar-refractivity contribution >= 4 is 40.2 Å². The number of nitrogens with two attached hydrogens (primary N) is 1. The fourth-order valence-corrected chi connectivity index (χ4v) is 3.53. The Balaban J connectivity index is 1.65. The van der Waals surface area contributed by atoms with E-state index in [0.29, 0.717) is 58.7 Å². The zero-order valence-corrected chi connectivity index (χ0v) is 15.4. The van der Waals surface area contributed by atoms with Crippen molar-refractivity contribution in [3.05, 3.63) is 34.4 Å². The van der Waals surface area contributed by atoms with Gasteiger partial charge in [-0.3, -0.25) is 5.10 Å². The fraction of sp³-hybridized carbons (Fsp3) is 0.353. The number of rotatable bonds is 3. The minimum atomic E-state index is -0.725. The van der Waals surface area contributed by atoms with E-state index < -0.39 is 12.2 Å². The lowest BCUT2D eigenvalue weighted by molar-refractivity contribution is 0.254. The molecular weight excluding hydrogens is 378 g/mol. The molecule has 0 spiro atoms. The Kier molecular flexibility index (Phi) is 4.46. The highest BCUT2D eigenvalue weighted by atomic mass is 35.5. The summed E-state index contributed by atoms with van der Waals surface area (Å²) in [6, 6.07) is 5.38. The Hall–Kier alpha value is -1.96. The van der Waals surface area contributed by atoms with E-state index in [0.717, 1.165) is 5.56 Å². The molecule has 0 amide bonds. The van der Waals surface area contributed by atoms with Gasteiger partial charge >= 0.3 is 0 Å². The van der Waals surface area contributed by atoms with Gasteiger partial charge in [-0.15, -0.1) is 0 Å². The maximum Gasteiger partial charge on any atom is 0.202 e. The molecule has 26 heavy (non-hydrogen) atoms. The van der Waals surface area contributed by atoms with Crippen molar-refractivity contribution in [2.75, 3.05) is 24.7 Å². The predicted octanol–water partition coefficient (Wildman–Crippen LogP) is 3.59. The molecule has 3 aromatic rings. The van der Waals surface area contributed by atoms with Crippen molar-refractivity contribution in [1.82, 2.24) is 20.2 Å². The molecule has 0 radical (unpaired) electrons. The van der Waals surface area contributed by atoms with Gasteiger partial charge in [0, 0.05) is 24.2 Å². The van der Waals surface area contributed by atoms with Crippen LogP contribution in [0.15, 0.2) is 24.4 Å². The summed E-state index contributed by atoms with van der Waals surface area (Å²) in [6.45, 7) is 0.769. The van der Waals surface area contributed by atoms with Gasteiger partial charge in [0.2, 0.25) is 5.65 Å². The molecular formula is C17H17Cl2FN6. The van der Waals surface area contributed by atoms with E-state index >= 15 is 0 Å². The van der Waals surface area contributed by atoms with Gasteiger partial charge in [0.15, 0.2) is 0 Å². The Bertz CT molecular complexity index is 952. The number of nitrogens with zero attached hydrogens (tertiary/aromatic N) is 4. The first-order valence-corrected chi connectivity index (χ1v) is 9.02. The highest BCUT2D eigenvalue weighted by Gasteiger charge is 2.31. The van der Waals surface area contributed by atoms with E-state index in [1.807, 2.05) is 17.0 Å². The van der Waals surface area contributed by atoms with Crippen molar-refractivity contribution in [2.24, 2.45) is 5.73 Å². The zero-order chi connectivity index (χ0) is 18.3. The number of aromatic nitrogens is 4. The molecule has 4 rings (SSSR count). The van der Waals surface area contributed by atoms with Crippen LogP contribution in [0.3, 0.4) is 0 Å². The van der Waals surface area contributed by atoms with Crippen molar-refractivity contribution in [3.63, 3.8) is 0 Å². The average molecular weight is 395 g/mol. The smallest absolute Gasteiger partial charge is 0.202 e. The molecule has 1 fully saturated rings. The summed E-state index contributed by atoms with van der Waals surface area (Å²) in [5.41, 5.74) is 7.78. The number of anilines is 1. The molecule has 9 heteroatoms. The first-order chi connectivity index (χ1) is 12.5. The Morgan fingerprint density at radius 3 is 2.77 bits per heavy atom. The fourth-order valence-electron chi connectivity index (χ4n) is 3.14. The molecule has 3 heterocycles. The highest BCUT2D eigenvalue weighted by Crippen LogP contribution is 2.35. The molecule has 136 valence electrons. The first-order valence-electron chi connectivity index (χ1n) is 8.26. The summed E-state index contributed by atoms with van der Waals surface area (Å²) in [7, 11) is 0. The Labute approximate surface area is 159 Å².